The summed E-state index contributed by atoms with van der Waals surface area (Å²) in [4.78, 5) is 6.43. The molecule has 2 rings (SSSR count). The molecule has 2 saturated heterocycles. The van der Waals surface area contributed by atoms with Crippen LogP contribution in [0.3, 0.4) is 0 Å². The number of guanidine groups is 1. The first-order valence-electron chi connectivity index (χ1n) is 7.02. The predicted octanol–water partition coefficient (Wildman–Crippen LogP) is 0.0685. The molecule has 0 bridgehead atoms. The summed E-state index contributed by atoms with van der Waals surface area (Å²) >= 11 is 0. The van der Waals surface area contributed by atoms with Crippen molar-refractivity contribution in [2.75, 3.05) is 38.5 Å². The van der Waals surface area contributed by atoms with Crippen molar-refractivity contribution >= 4 is 16.0 Å². The number of sulfonamides is 1. The van der Waals surface area contributed by atoms with Crippen molar-refractivity contribution in [3.63, 3.8) is 0 Å². The Morgan fingerprint density at radius 3 is 2.79 bits per heavy atom. The summed E-state index contributed by atoms with van der Waals surface area (Å²) in [6.45, 7) is 5.66. The fourth-order valence-electron chi connectivity index (χ4n) is 2.72. The Kier molecular flexibility index (Phi) is 4.67. The van der Waals surface area contributed by atoms with E-state index in [1.165, 1.54) is 10.7 Å². The summed E-state index contributed by atoms with van der Waals surface area (Å²) in [6.07, 6.45) is 3.12. The van der Waals surface area contributed by atoms with Crippen molar-refractivity contribution in [2.24, 2.45) is 16.6 Å². The summed E-state index contributed by atoms with van der Waals surface area (Å²) < 4.78 is 24.8. The number of hydrogen-bond donors (Lipinski definition) is 1. The fourth-order valence-corrected chi connectivity index (χ4v) is 4.24. The molecule has 6 nitrogen and oxygen atoms in total. The Hall–Kier alpha value is -0.820. The second-order valence-electron chi connectivity index (χ2n) is 5.50. The van der Waals surface area contributed by atoms with Crippen molar-refractivity contribution in [3.8, 4) is 0 Å². The monoisotopic (exact) mass is 288 g/mol. The first-order chi connectivity index (χ1) is 8.99. The van der Waals surface area contributed by atoms with E-state index in [4.69, 9.17) is 5.73 Å². The van der Waals surface area contributed by atoms with E-state index in [0.717, 1.165) is 25.9 Å². The van der Waals surface area contributed by atoms with Gasteiger partial charge in [-0.25, -0.2) is 12.7 Å². The van der Waals surface area contributed by atoms with E-state index in [0.29, 0.717) is 31.5 Å². The second kappa shape index (κ2) is 6.09. The molecule has 19 heavy (non-hydrogen) atoms. The summed E-state index contributed by atoms with van der Waals surface area (Å²) in [5.74, 6) is 1.49. The zero-order valence-corrected chi connectivity index (χ0v) is 12.4. The third kappa shape index (κ3) is 3.82. The maximum atomic E-state index is 11.6. The van der Waals surface area contributed by atoms with Crippen LogP contribution in [-0.4, -0.2) is 62.1 Å². The quantitative estimate of drug-likeness (QED) is 0.589. The molecule has 0 aromatic heterocycles. The molecule has 1 unspecified atom stereocenters. The molecule has 2 fully saturated rings. The Bertz CT molecular complexity index is 435. The average molecular weight is 288 g/mol. The van der Waals surface area contributed by atoms with Crippen LogP contribution in [-0.2, 0) is 10.0 Å². The van der Waals surface area contributed by atoms with Crippen LogP contribution in [0.4, 0.5) is 0 Å². The summed E-state index contributed by atoms with van der Waals surface area (Å²) in [7, 11) is -3.01. The molecule has 0 spiro atoms. The van der Waals surface area contributed by atoms with Gasteiger partial charge < -0.3 is 10.6 Å². The maximum absolute atomic E-state index is 11.6. The highest BCUT2D eigenvalue weighted by Gasteiger charge is 2.27. The minimum atomic E-state index is -3.01. The Morgan fingerprint density at radius 1 is 1.37 bits per heavy atom. The van der Waals surface area contributed by atoms with Crippen molar-refractivity contribution in [1.82, 2.24) is 9.21 Å². The highest BCUT2D eigenvalue weighted by Crippen LogP contribution is 2.15. The van der Waals surface area contributed by atoms with Crippen LogP contribution in [0, 0.1) is 5.92 Å². The number of hydrogen-bond acceptors (Lipinski definition) is 3. The lowest BCUT2D eigenvalue weighted by molar-refractivity contribution is 0.270. The minimum Gasteiger partial charge on any atom is -0.370 e. The predicted molar refractivity (Wildman–Crippen MR) is 76.4 cm³/mol. The minimum absolute atomic E-state index is 0.274. The maximum Gasteiger partial charge on any atom is 0.214 e. The average Bonchev–Trinajstić information content (AvgIpc) is 2.69. The van der Waals surface area contributed by atoms with Gasteiger partial charge in [-0.05, 0) is 25.2 Å². The Morgan fingerprint density at radius 2 is 2.16 bits per heavy atom. The van der Waals surface area contributed by atoms with Gasteiger partial charge in [-0.2, -0.15) is 0 Å². The fraction of sp³-hybridized carbons (Fsp3) is 0.917. The molecule has 2 aliphatic rings. The van der Waals surface area contributed by atoms with E-state index in [1.54, 1.807) is 0 Å². The van der Waals surface area contributed by atoms with Gasteiger partial charge in [-0.3, -0.25) is 4.99 Å². The molecular weight excluding hydrogens is 264 g/mol. The summed E-state index contributed by atoms with van der Waals surface area (Å²) in [6, 6.07) is 0. The third-order valence-corrected chi connectivity index (χ3v) is 5.76. The SMILES string of the molecule is CC1CCCN(C(N)=NCCN2CCCS2(=O)=O)C1. The van der Waals surface area contributed by atoms with Crippen LogP contribution in [0.5, 0.6) is 0 Å². The van der Waals surface area contributed by atoms with E-state index in [2.05, 4.69) is 16.8 Å². The van der Waals surface area contributed by atoms with Gasteiger partial charge in [-0.1, -0.05) is 6.92 Å². The summed E-state index contributed by atoms with van der Waals surface area (Å²) in [5, 5.41) is 0. The van der Waals surface area contributed by atoms with Crippen LogP contribution in [0.15, 0.2) is 4.99 Å². The van der Waals surface area contributed by atoms with Gasteiger partial charge in [0.2, 0.25) is 10.0 Å². The van der Waals surface area contributed by atoms with Gasteiger partial charge in [0.15, 0.2) is 5.96 Å². The normalized spacial score (nSPS) is 28.8. The molecule has 0 aromatic carbocycles. The van der Waals surface area contributed by atoms with Gasteiger partial charge >= 0.3 is 0 Å². The number of nitrogens with zero attached hydrogens (tertiary/aromatic N) is 3. The standard InChI is InChI=1S/C12H24N4O2S/c1-11-4-2-6-15(10-11)12(13)14-5-8-16-7-3-9-19(16,17)18/h11H,2-10H2,1H3,(H2,13,14). The van der Waals surface area contributed by atoms with Gasteiger partial charge in [0.1, 0.15) is 0 Å². The van der Waals surface area contributed by atoms with Crippen LogP contribution in [0.25, 0.3) is 0 Å². The first kappa shape index (κ1) is 14.6. The second-order valence-corrected chi connectivity index (χ2v) is 7.59. The van der Waals surface area contributed by atoms with Crippen LogP contribution in [0.1, 0.15) is 26.2 Å². The van der Waals surface area contributed by atoms with Crippen molar-refractivity contribution in [1.29, 1.82) is 0 Å². The van der Waals surface area contributed by atoms with E-state index in [-0.39, 0.29) is 5.75 Å². The molecule has 2 N–H and O–H groups in total. The lowest BCUT2D eigenvalue weighted by Gasteiger charge is -2.31. The lowest BCUT2D eigenvalue weighted by Crippen LogP contribution is -2.43. The smallest absolute Gasteiger partial charge is 0.214 e. The molecule has 0 aromatic rings. The molecule has 110 valence electrons. The van der Waals surface area contributed by atoms with Crippen molar-refractivity contribution in [2.45, 2.75) is 26.2 Å². The van der Waals surface area contributed by atoms with E-state index in [9.17, 15) is 8.42 Å². The molecule has 2 aliphatic heterocycles. The zero-order chi connectivity index (χ0) is 13.9. The molecule has 1 atom stereocenters. The molecule has 7 heteroatoms. The molecule has 0 aliphatic carbocycles. The number of nitrogens with two attached hydrogens (primary N) is 1. The number of likely N-dealkylation sites (tertiary alicyclic amines) is 1. The topological polar surface area (TPSA) is 79.0 Å². The lowest BCUT2D eigenvalue weighted by atomic mass is 10.0. The largest absolute Gasteiger partial charge is 0.370 e. The van der Waals surface area contributed by atoms with E-state index < -0.39 is 10.0 Å². The van der Waals surface area contributed by atoms with Crippen molar-refractivity contribution in [3.05, 3.63) is 0 Å². The number of piperidine rings is 1. The molecule has 0 radical (unpaired) electrons. The zero-order valence-electron chi connectivity index (χ0n) is 11.6. The molecule has 0 amide bonds. The molecule has 0 saturated carbocycles. The number of aliphatic imine (C=N–C) groups is 1. The van der Waals surface area contributed by atoms with Gasteiger partial charge in [0.25, 0.3) is 0 Å². The van der Waals surface area contributed by atoms with Gasteiger partial charge in [-0.15, -0.1) is 0 Å². The Labute approximate surface area is 115 Å². The third-order valence-electron chi connectivity index (χ3n) is 3.81. The van der Waals surface area contributed by atoms with Crippen LogP contribution in [0.2, 0.25) is 0 Å². The van der Waals surface area contributed by atoms with Gasteiger partial charge in [0.05, 0.1) is 12.3 Å². The molecular formula is C12H24N4O2S. The van der Waals surface area contributed by atoms with E-state index in [1.807, 2.05) is 0 Å². The van der Waals surface area contributed by atoms with Crippen LogP contribution >= 0.6 is 0 Å². The van der Waals surface area contributed by atoms with Gasteiger partial charge in [0, 0.05) is 26.2 Å². The first-order valence-corrected chi connectivity index (χ1v) is 8.62. The highest BCUT2D eigenvalue weighted by molar-refractivity contribution is 7.89. The summed E-state index contributed by atoms with van der Waals surface area (Å²) in [5.41, 5.74) is 5.97. The molecule has 2 heterocycles. The highest BCUT2D eigenvalue weighted by atomic mass is 32.2. The Balaban J connectivity index is 1.81. The van der Waals surface area contributed by atoms with E-state index >= 15 is 0 Å². The number of rotatable bonds is 3. The van der Waals surface area contributed by atoms with Crippen LogP contribution < -0.4 is 5.73 Å². The van der Waals surface area contributed by atoms with Crippen molar-refractivity contribution < 1.29 is 8.42 Å².